The average Bonchev–Trinajstić information content (AvgIpc) is 3.23. The van der Waals surface area contributed by atoms with E-state index in [1.54, 1.807) is 6.08 Å². The van der Waals surface area contributed by atoms with Gasteiger partial charge in [-0.2, -0.15) is 0 Å². The molecule has 7 atom stereocenters. The second kappa shape index (κ2) is 15.1. The Hall–Kier alpha value is -2.27. The van der Waals surface area contributed by atoms with Gasteiger partial charge in [0.15, 0.2) is 0 Å². The number of aliphatic hydroxyl groups excluding tert-OH is 1. The highest BCUT2D eigenvalue weighted by molar-refractivity contribution is 5.75. The number of carbonyl (C=O) groups is 1. The van der Waals surface area contributed by atoms with Crippen LogP contribution in [0.1, 0.15) is 90.3 Å². The summed E-state index contributed by atoms with van der Waals surface area (Å²) in [6, 6.07) is 4.08. The molecule has 3 aliphatic carbocycles. The fourth-order valence-electron chi connectivity index (χ4n) is 6.41. The molecule has 2 heterocycles. The minimum Gasteiger partial charge on any atom is -0.462 e. The van der Waals surface area contributed by atoms with Crippen molar-refractivity contribution in [3.8, 4) is 0 Å². The summed E-state index contributed by atoms with van der Waals surface area (Å²) in [6.07, 6.45) is 18.2. The summed E-state index contributed by atoms with van der Waals surface area (Å²) in [6.45, 7) is 10.1. The smallest absolute Gasteiger partial charge is 0.309 e. The number of pyridine rings is 1. The molecule has 5 rings (SSSR count). The van der Waals surface area contributed by atoms with Crippen LogP contribution in [0.15, 0.2) is 48.5 Å². The number of hydrogen-bond acceptors (Lipinski definition) is 4. The molecule has 200 valence electrons. The Morgan fingerprint density at radius 1 is 1.11 bits per heavy atom. The normalized spacial score (nSPS) is 32.3. The number of halogens is 1. The average molecular weight is 500 g/mol. The number of aliphatic hydroxyl groups is 1. The first-order chi connectivity index (χ1) is 17.6. The van der Waals surface area contributed by atoms with Gasteiger partial charge < -0.3 is 9.84 Å². The van der Waals surface area contributed by atoms with E-state index in [1.807, 2.05) is 46.0 Å². The van der Waals surface area contributed by atoms with E-state index in [1.165, 1.54) is 31.8 Å². The predicted molar refractivity (Wildman–Crippen MR) is 146 cm³/mol. The third-order valence-electron chi connectivity index (χ3n) is 7.83. The Morgan fingerprint density at radius 3 is 2.50 bits per heavy atom. The van der Waals surface area contributed by atoms with E-state index in [0.717, 1.165) is 31.2 Å². The number of esters is 1. The lowest BCUT2D eigenvalue weighted by molar-refractivity contribution is -0.144. The lowest BCUT2D eigenvalue weighted by Gasteiger charge is -2.45. The first-order valence-corrected chi connectivity index (χ1v) is 13.9. The molecule has 36 heavy (non-hydrogen) atoms. The summed E-state index contributed by atoms with van der Waals surface area (Å²) in [5.74, 6) is 1.91. The predicted octanol–water partition coefficient (Wildman–Crippen LogP) is 7.66. The number of nitrogens with zero attached hydrogens (tertiary/aromatic N) is 1. The van der Waals surface area contributed by atoms with Crippen LogP contribution in [-0.4, -0.2) is 29.3 Å². The Kier molecular flexibility index (Phi) is 12.6. The number of hydrogen-bond donors (Lipinski definition) is 1. The lowest BCUT2D eigenvalue weighted by Crippen LogP contribution is -2.42. The molecule has 1 aliphatic heterocycles. The third kappa shape index (κ3) is 6.94. The number of allylic oxidation sites excluding steroid dienone is 5. The Morgan fingerprint density at radius 2 is 1.83 bits per heavy atom. The maximum absolute atomic E-state index is 13.5. The van der Waals surface area contributed by atoms with Crippen molar-refractivity contribution in [3.63, 3.8) is 0 Å². The van der Waals surface area contributed by atoms with Crippen LogP contribution < -0.4 is 0 Å². The molecule has 1 N–H and O–H groups in total. The summed E-state index contributed by atoms with van der Waals surface area (Å²) in [7, 11) is 1.00. The molecule has 1 saturated heterocycles. The minimum atomic E-state index is -0.174. The van der Waals surface area contributed by atoms with Gasteiger partial charge in [0, 0.05) is 25.1 Å². The van der Waals surface area contributed by atoms with E-state index in [0.29, 0.717) is 17.8 Å². The first kappa shape index (κ1) is 30.0. The Balaban J connectivity index is 0.000000710. The third-order valence-corrected chi connectivity index (χ3v) is 7.83. The van der Waals surface area contributed by atoms with Crippen LogP contribution in [0.5, 0.6) is 0 Å². The molecule has 4 nitrogen and oxygen atoms in total. The molecule has 0 aromatic carbocycles. The van der Waals surface area contributed by atoms with Crippen LogP contribution in [-0.2, 0) is 9.53 Å². The zero-order chi connectivity index (χ0) is 26.7. The molecule has 1 aromatic heterocycles. The van der Waals surface area contributed by atoms with E-state index in [9.17, 15) is 9.18 Å². The van der Waals surface area contributed by atoms with Gasteiger partial charge in [0.2, 0.25) is 0 Å². The van der Waals surface area contributed by atoms with E-state index in [4.69, 9.17) is 9.84 Å². The summed E-state index contributed by atoms with van der Waals surface area (Å²) < 4.78 is 19.2. The fourth-order valence-corrected chi connectivity index (χ4v) is 6.41. The molecule has 4 unspecified atom stereocenters. The van der Waals surface area contributed by atoms with Crippen LogP contribution in [0.4, 0.5) is 4.39 Å². The molecular weight excluding hydrogens is 453 g/mol. The van der Waals surface area contributed by atoms with Gasteiger partial charge in [-0.3, -0.25) is 9.78 Å². The fraction of sp³-hybridized carbons (Fsp3) is 0.613. The van der Waals surface area contributed by atoms with Crippen LogP contribution in [0.25, 0.3) is 6.08 Å². The highest BCUT2D eigenvalue weighted by atomic mass is 19.1. The highest BCUT2D eigenvalue weighted by Gasteiger charge is 2.53. The number of carbonyl (C=O) groups excluding carboxylic acids is 1. The topological polar surface area (TPSA) is 59.4 Å². The zero-order valence-corrected chi connectivity index (χ0v) is 23.0. The van der Waals surface area contributed by atoms with Crippen molar-refractivity contribution in [1.82, 2.24) is 4.98 Å². The van der Waals surface area contributed by atoms with Crippen molar-refractivity contribution in [2.45, 2.75) is 85.2 Å². The molecule has 3 fully saturated rings. The molecule has 0 radical (unpaired) electrons. The number of cyclic esters (lactones) is 1. The van der Waals surface area contributed by atoms with Gasteiger partial charge >= 0.3 is 5.97 Å². The van der Waals surface area contributed by atoms with Crippen LogP contribution in [0.3, 0.4) is 0 Å². The molecule has 1 aromatic rings. The van der Waals surface area contributed by atoms with Crippen LogP contribution in [0, 0.1) is 29.6 Å². The van der Waals surface area contributed by atoms with Crippen molar-refractivity contribution < 1.29 is 19.0 Å². The van der Waals surface area contributed by atoms with Crippen LogP contribution in [0.2, 0.25) is 0 Å². The van der Waals surface area contributed by atoms with Crippen molar-refractivity contribution in [2.24, 2.45) is 29.6 Å². The molecular formula is C31H46FNO3. The highest BCUT2D eigenvalue weighted by Crippen LogP contribution is 2.53. The van der Waals surface area contributed by atoms with Crippen molar-refractivity contribution in [3.05, 3.63) is 59.7 Å². The lowest BCUT2D eigenvalue weighted by atomic mass is 9.57. The first-order valence-electron chi connectivity index (χ1n) is 13.9. The molecule has 0 amide bonds. The van der Waals surface area contributed by atoms with E-state index in [2.05, 4.69) is 30.1 Å². The molecule has 2 saturated carbocycles. The van der Waals surface area contributed by atoms with Gasteiger partial charge in [-0.05, 0) is 73.8 Å². The van der Waals surface area contributed by atoms with E-state index >= 15 is 0 Å². The van der Waals surface area contributed by atoms with Crippen molar-refractivity contribution >= 4 is 12.0 Å². The van der Waals surface area contributed by atoms with Gasteiger partial charge in [0.05, 0.1) is 11.6 Å². The van der Waals surface area contributed by atoms with Crippen LogP contribution >= 0.6 is 0 Å². The Bertz CT molecular complexity index is 892. The molecule has 4 aliphatic rings. The van der Waals surface area contributed by atoms with E-state index < -0.39 is 0 Å². The SMILES string of the molecule is CC.CC.CO.C[C@@H]1OC(=O)[C@H]2CC3CCCCC3[C@@H](/C=C/c3ccc(C4C=C(F)C=CC4)cn3)C12. The number of fused-ring (bicyclic) bond motifs is 2. The van der Waals surface area contributed by atoms with Gasteiger partial charge in [0.1, 0.15) is 11.9 Å². The van der Waals surface area contributed by atoms with Gasteiger partial charge in [-0.1, -0.05) is 65.2 Å². The summed E-state index contributed by atoms with van der Waals surface area (Å²) >= 11 is 0. The quantitative estimate of drug-likeness (QED) is 0.434. The summed E-state index contributed by atoms with van der Waals surface area (Å²) in [4.78, 5) is 17.1. The zero-order valence-electron chi connectivity index (χ0n) is 23.0. The second-order valence-corrected chi connectivity index (χ2v) is 9.52. The van der Waals surface area contributed by atoms with Gasteiger partial charge in [-0.15, -0.1) is 0 Å². The number of aromatic nitrogens is 1. The molecule has 0 bridgehead atoms. The second-order valence-electron chi connectivity index (χ2n) is 9.52. The minimum absolute atomic E-state index is 0.00333. The van der Waals surface area contributed by atoms with Gasteiger partial charge in [0.25, 0.3) is 0 Å². The van der Waals surface area contributed by atoms with E-state index in [-0.39, 0.29) is 35.7 Å². The maximum Gasteiger partial charge on any atom is 0.309 e. The monoisotopic (exact) mass is 499 g/mol. The largest absolute Gasteiger partial charge is 0.462 e. The Labute approximate surface area is 217 Å². The molecule has 5 heteroatoms. The summed E-state index contributed by atoms with van der Waals surface area (Å²) in [5, 5.41) is 7.00. The standard InChI is InChI=1S/C26H30FNO2.2C2H6.CH4O/c1-16-25-23(22-8-3-2-5-18(22)14-24(25)26(29)30-16)12-11-21-10-9-19(15-28-21)17-6-4-7-20(27)13-17;3*1-2/h4,7,9-13,15-18,22-25H,2-3,5-6,8,14H2,1H3;2*1-2H3;2H,1H3/b12-11+;;;/t16-,17?,18?,22?,23+,24-,25?;;;/m0.../s1. The van der Waals surface area contributed by atoms with Crippen molar-refractivity contribution in [2.75, 3.05) is 7.11 Å². The van der Waals surface area contributed by atoms with Crippen molar-refractivity contribution in [1.29, 1.82) is 0 Å². The number of ether oxygens (including phenoxy) is 1. The molecule has 0 spiro atoms. The number of rotatable bonds is 3. The van der Waals surface area contributed by atoms with Gasteiger partial charge in [-0.25, -0.2) is 4.39 Å². The summed E-state index contributed by atoms with van der Waals surface area (Å²) in [5.41, 5.74) is 1.96. The maximum atomic E-state index is 13.5.